The zero-order valence-electron chi connectivity index (χ0n) is 11.7. The van der Waals surface area contributed by atoms with Crippen LogP contribution in [0.25, 0.3) is 0 Å². The molecule has 2 heterocycles. The van der Waals surface area contributed by atoms with Gasteiger partial charge in [0.2, 0.25) is 5.88 Å². The summed E-state index contributed by atoms with van der Waals surface area (Å²) in [7, 11) is 0. The molecule has 0 aliphatic heterocycles. The van der Waals surface area contributed by atoms with Crippen LogP contribution in [0.15, 0.2) is 61.1 Å². The number of aromatic nitrogens is 3. The van der Waals surface area contributed by atoms with E-state index in [0.717, 1.165) is 0 Å². The number of aromatic amines is 1. The Morgan fingerprint density at radius 3 is 2.86 bits per heavy atom. The number of H-pyrrole nitrogens is 1. The van der Waals surface area contributed by atoms with Gasteiger partial charge in [0.1, 0.15) is 11.6 Å². The Kier molecular flexibility index (Phi) is 4.10. The van der Waals surface area contributed by atoms with E-state index in [1.54, 1.807) is 48.9 Å². The minimum atomic E-state index is -0.192. The SMILES string of the molecule is O=C(NCc1ncc[nH]1)c1cccc(Oc2ccccn2)c1. The van der Waals surface area contributed by atoms with Crippen LogP contribution in [0, 0.1) is 0 Å². The summed E-state index contributed by atoms with van der Waals surface area (Å²) in [6, 6.07) is 12.3. The van der Waals surface area contributed by atoms with Gasteiger partial charge in [-0.05, 0) is 24.3 Å². The molecule has 3 aromatic rings. The van der Waals surface area contributed by atoms with Crippen molar-refractivity contribution < 1.29 is 9.53 Å². The van der Waals surface area contributed by atoms with Crippen molar-refractivity contribution in [3.8, 4) is 11.6 Å². The van der Waals surface area contributed by atoms with Crippen LogP contribution < -0.4 is 10.1 Å². The second-order valence-corrected chi connectivity index (χ2v) is 4.52. The summed E-state index contributed by atoms with van der Waals surface area (Å²) in [5.74, 6) is 1.55. The lowest BCUT2D eigenvalue weighted by molar-refractivity contribution is 0.0949. The van der Waals surface area contributed by atoms with E-state index in [9.17, 15) is 4.79 Å². The molecule has 0 spiro atoms. The van der Waals surface area contributed by atoms with Crippen molar-refractivity contribution in [3.63, 3.8) is 0 Å². The summed E-state index contributed by atoms with van der Waals surface area (Å²) >= 11 is 0. The number of pyridine rings is 1. The van der Waals surface area contributed by atoms with Gasteiger partial charge in [-0.2, -0.15) is 0 Å². The Bertz CT molecular complexity index is 742. The zero-order valence-corrected chi connectivity index (χ0v) is 11.7. The standard InChI is InChI=1S/C16H14N4O2/c21-16(20-11-14-17-8-9-18-14)12-4-3-5-13(10-12)22-15-6-1-2-7-19-15/h1-10H,11H2,(H,17,18)(H,20,21). The van der Waals surface area contributed by atoms with E-state index in [0.29, 0.717) is 29.6 Å². The Morgan fingerprint density at radius 2 is 2.09 bits per heavy atom. The van der Waals surface area contributed by atoms with Gasteiger partial charge in [-0.1, -0.05) is 12.1 Å². The molecule has 0 saturated heterocycles. The smallest absolute Gasteiger partial charge is 0.251 e. The summed E-state index contributed by atoms with van der Waals surface area (Å²) in [6.45, 7) is 0.344. The number of carbonyl (C=O) groups excluding carboxylic acids is 1. The van der Waals surface area contributed by atoms with Crippen molar-refractivity contribution >= 4 is 5.91 Å². The number of benzene rings is 1. The van der Waals surface area contributed by atoms with Crippen LogP contribution >= 0.6 is 0 Å². The normalized spacial score (nSPS) is 10.2. The summed E-state index contributed by atoms with van der Waals surface area (Å²) in [5.41, 5.74) is 0.514. The lowest BCUT2D eigenvalue weighted by atomic mass is 10.2. The highest BCUT2D eigenvalue weighted by molar-refractivity contribution is 5.94. The lowest BCUT2D eigenvalue weighted by Crippen LogP contribution is -2.23. The molecule has 0 bridgehead atoms. The van der Waals surface area contributed by atoms with Gasteiger partial charge in [-0.15, -0.1) is 0 Å². The number of hydrogen-bond donors (Lipinski definition) is 2. The van der Waals surface area contributed by atoms with Crippen LogP contribution in [0.5, 0.6) is 11.6 Å². The first-order valence-electron chi connectivity index (χ1n) is 6.77. The Balaban J connectivity index is 1.66. The Hall–Kier alpha value is -3.15. The van der Waals surface area contributed by atoms with Crippen molar-refractivity contribution in [1.29, 1.82) is 0 Å². The Labute approximate surface area is 127 Å². The molecule has 1 amide bonds. The average molecular weight is 294 g/mol. The third-order valence-corrected chi connectivity index (χ3v) is 2.93. The van der Waals surface area contributed by atoms with Gasteiger partial charge in [-0.3, -0.25) is 4.79 Å². The molecule has 0 atom stereocenters. The number of nitrogens with zero attached hydrogens (tertiary/aromatic N) is 2. The highest BCUT2D eigenvalue weighted by atomic mass is 16.5. The fraction of sp³-hybridized carbons (Fsp3) is 0.0625. The number of imidazole rings is 1. The molecular weight excluding hydrogens is 280 g/mol. The van der Waals surface area contributed by atoms with E-state index >= 15 is 0 Å². The first kappa shape index (κ1) is 13.8. The highest BCUT2D eigenvalue weighted by Gasteiger charge is 2.08. The molecule has 1 aromatic carbocycles. The molecule has 110 valence electrons. The number of carbonyl (C=O) groups is 1. The van der Waals surface area contributed by atoms with Crippen LogP contribution in [0.3, 0.4) is 0 Å². The van der Waals surface area contributed by atoms with Crippen LogP contribution in [-0.4, -0.2) is 20.9 Å². The molecule has 0 saturated carbocycles. The molecule has 2 N–H and O–H groups in total. The van der Waals surface area contributed by atoms with Crippen molar-refractivity contribution in [1.82, 2.24) is 20.3 Å². The van der Waals surface area contributed by atoms with E-state index in [4.69, 9.17) is 4.74 Å². The number of ether oxygens (including phenoxy) is 1. The van der Waals surface area contributed by atoms with Gasteiger partial charge >= 0.3 is 0 Å². The van der Waals surface area contributed by atoms with Gasteiger partial charge in [0.25, 0.3) is 5.91 Å². The maximum Gasteiger partial charge on any atom is 0.251 e. The lowest BCUT2D eigenvalue weighted by Gasteiger charge is -2.07. The number of rotatable bonds is 5. The summed E-state index contributed by atoms with van der Waals surface area (Å²) in [5, 5.41) is 2.79. The fourth-order valence-corrected chi connectivity index (χ4v) is 1.89. The summed E-state index contributed by atoms with van der Waals surface area (Å²) < 4.78 is 5.61. The van der Waals surface area contributed by atoms with E-state index in [1.807, 2.05) is 12.1 Å². The van der Waals surface area contributed by atoms with Gasteiger partial charge in [-0.25, -0.2) is 9.97 Å². The molecule has 0 fully saturated rings. The third kappa shape index (κ3) is 3.49. The fourth-order valence-electron chi connectivity index (χ4n) is 1.89. The molecule has 2 aromatic heterocycles. The third-order valence-electron chi connectivity index (χ3n) is 2.93. The molecule has 22 heavy (non-hydrogen) atoms. The topological polar surface area (TPSA) is 79.9 Å². The zero-order chi connectivity index (χ0) is 15.2. The second kappa shape index (κ2) is 6.53. The Morgan fingerprint density at radius 1 is 1.14 bits per heavy atom. The molecule has 0 unspecified atom stereocenters. The van der Waals surface area contributed by atoms with Crippen molar-refractivity contribution in [2.24, 2.45) is 0 Å². The molecule has 3 rings (SSSR count). The first-order valence-corrected chi connectivity index (χ1v) is 6.77. The van der Waals surface area contributed by atoms with E-state index in [1.165, 1.54) is 0 Å². The minimum Gasteiger partial charge on any atom is -0.439 e. The summed E-state index contributed by atoms with van der Waals surface area (Å²) in [4.78, 5) is 23.2. The van der Waals surface area contributed by atoms with E-state index in [2.05, 4.69) is 20.3 Å². The molecular formula is C16H14N4O2. The number of nitrogens with one attached hydrogen (secondary N) is 2. The second-order valence-electron chi connectivity index (χ2n) is 4.52. The average Bonchev–Trinajstić information content (AvgIpc) is 3.07. The van der Waals surface area contributed by atoms with Crippen molar-refractivity contribution in [2.45, 2.75) is 6.54 Å². The molecule has 6 nitrogen and oxygen atoms in total. The first-order chi connectivity index (χ1) is 10.8. The van der Waals surface area contributed by atoms with Gasteiger partial charge in [0, 0.05) is 30.2 Å². The van der Waals surface area contributed by atoms with Gasteiger partial charge < -0.3 is 15.0 Å². The van der Waals surface area contributed by atoms with E-state index in [-0.39, 0.29) is 5.91 Å². The summed E-state index contributed by atoms with van der Waals surface area (Å²) in [6.07, 6.45) is 5.00. The van der Waals surface area contributed by atoms with Crippen LogP contribution in [-0.2, 0) is 6.54 Å². The predicted molar refractivity (Wildman–Crippen MR) is 80.5 cm³/mol. The maximum atomic E-state index is 12.1. The molecule has 0 radical (unpaired) electrons. The van der Waals surface area contributed by atoms with E-state index < -0.39 is 0 Å². The van der Waals surface area contributed by atoms with Crippen LogP contribution in [0.2, 0.25) is 0 Å². The number of hydrogen-bond acceptors (Lipinski definition) is 4. The number of amides is 1. The van der Waals surface area contributed by atoms with Crippen LogP contribution in [0.4, 0.5) is 0 Å². The molecule has 0 aliphatic rings. The van der Waals surface area contributed by atoms with Gasteiger partial charge in [0.05, 0.1) is 6.54 Å². The minimum absolute atomic E-state index is 0.192. The quantitative estimate of drug-likeness (QED) is 0.757. The monoisotopic (exact) mass is 294 g/mol. The molecule has 0 aliphatic carbocycles. The van der Waals surface area contributed by atoms with Crippen molar-refractivity contribution in [2.75, 3.05) is 0 Å². The van der Waals surface area contributed by atoms with Crippen LogP contribution in [0.1, 0.15) is 16.2 Å². The van der Waals surface area contributed by atoms with Gasteiger partial charge in [0.15, 0.2) is 0 Å². The maximum absolute atomic E-state index is 12.1. The molecule has 6 heteroatoms. The van der Waals surface area contributed by atoms with Crippen molar-refractivity contribution in [3.05, 3.63) is 72.4 Å². The predicted octanol–water partition coefficient (Wildman–Crippen LogP) is 2.53. The highest BCUT2D eigenvalue weighted by Crippen LogP contribution is 2.19. The largest absolute Gasteiger partial charge is 0.439 e.